The predicted octanol–water partition coefficient (Wildman–Crippen LogP) is 1.63. The van der Waals surface area contributed by atoms with E-state index in [4.69, 9.17) is 0 Å². The minimum absolute atomic E-state index is 0.0361. The Morgan fingerprint density at radius 3 is 2.17 bits per heavy atom. The van der Waals surface area contributed by atoms with E-state index in [1.165, 1.54) is 6.07 Å². The van der Waals surface area contributed by atoms with Crippen molar-refractivity contribution in [1.82, 2.24) is 24.8 Å². The molecule has 1 aliphatic heterocycles. The van der Waals surface area contributed by atoms with Crippen LogP contribution >= 0.6 is 0 Å². The van der Waals surface area contributed by atoms with Gasteiger partial charge in [0.05, 0.1) is 18.3 Å². The van der Waals surface area contributed by atoms with E-state index in [0.717, 1.165) is 5.56 Å². The molecule has 8 heteroatoms. The van der Waals surface area contributed by atoms with E-state index in [2.05, 4.69) is 10.3 Å². The van der Waals surface area contributed by atoms with Crippen molar-refractivity contribution >= 4 is 11.8 Å². The van der Waals surface area contributed by atoms with Crippen LogP contribution in [0, 0.1) is 0 Å². The Morgan fingerprint density at radius 1 is 0.862 bits per heavy atom. The molecule has 2 amide bonds. The molecule has 4 rings (SSSR count). The van der Waals surface area contributed by atoms with E-state index in [0.29, 0.717) is 38.4 Å². The first-order valence-corrected chi connectivity index (χ1v) is 9.42. The molecule has 2 heterocycles. The molecule has 8 nitrogen and oxygen atoms in total. The van der Waals surface area contributed by atoms with E-state index in [-0.39, 0.29) is 23.1 Å². The highest BCUT2D eigenvalue weighted by atomic mass is 16.3. The molecule has 0 atom stereocenters. The molecule has 1 N–H and O–H groups in total. The molecule has 0 bridgehead atoms. The van der Waals surface area contributed by atoms with Crippen molar-refractivity contribution in [3.63, 3.8) is 0 Å². The molecule has 1 aliphatic rings. The van der Waals surface area contributed by atoms with Gasteiger partial charge in [0.1, 0.15) is 5.75 Å². The van der Waals surface area contributed by atoms with Gasteiger partial charge in [0.25, 0.3) is 11.8 Å². The molecule has 1 fully saturated rings. The molecule has 0 aliphatic carbocycles. The fourth-order valence-electron chi connectivity index (χ4n) is 3.34. The van der Waals surface area contributed by atoms with Crippen LogP contribution in [-0.4, -0.2) is 67.9 Å². The third-order valence-corrected chi connectivity index (χ3v) is 4.93. The number of benzene rings is 2. The summed E-state index contributed by atoms with van der Waals surface area (Å²) in [5.41, 5.74) is 1.64. The Bertz CT molecular complexity index is 1010. The summed E-state index contributed by atoms with van der Waals surface area (Å²) < 4.78 is 1.64. The quantitative estimate of drug-likeness (QED) is 0.730. The van der Waals surface area contributed by atoms with E-state index in [9.17, 15) is 14.7 Å². The van der Waals surface area contributed by atoms with Gasteiger partial charge in [-0.2, -0.15) is 0 Å². The van der Waals surface area contributed by atoms with Crippen LogP contribution in [0.4, 0.5) is 0 Å². The minimum Gasteiger partial charge on any atom is -0.507 e. The normalized spacial score (nSPS) is 14.1. The van der Waals surface area contributed by atoms with E-state index in [1.807, 2.05) is 30.3 Å². The van der Waals surface area contributed by atoms with Crippen LogP contribution in [-0.2, 0) is 6.54 Å². The first-order chi connectivity index (χ1) is 14.1. The summed E-state index contributed by atoms with van der Waals surface area (Å²) in [4.78, 5) is 28.6. The van der Waals surface area contributed by atoms with Crippen molar-refractivity contribution in [2.45, 2.75) is 6.54 Å². The van der Waals surface area contributed by atoms with Gasteiger partial charge in [-0.25, -0.2) is 4.68 Å². The Kier molecular flexibility index (Phi) is 5.24. The maximum atomic E-state index is 12.7. The summed E-state index contributed by atoms with van der Waals surface area (Å²) in [6.45, 7) is 2.16. The highest BCUT2D eigenvalue weighted by molar-refractivity contribution is 5.97. The lowest BCUT2D eigenvalue weighted by atomic mass is 10.1. The zero-order valence-corrected chi connectivity index (χ0v) is 15.8. The van der Waals surface area contributed by atoms with Crippen molar-refractivity contribution in [2.24, 2.45) is 0 Å². The summed E-state index contributed by atoms with van der Waals surface area (Å²) in [7, 11) is 0. The van der Waals surface area contributed by atoms with Crippen LogP contribution in [0.15, 0.2) is 60.8 Å². The summed E-state index contributed by atoms with van der Waals surface area (Å²) in [5.74, 6) is -0.464. The third-order valence-electron chi connectivity index (χ3n) is 4.93. The monoisotopic (exact) mass is 391 g/mol. The van der Waals surface area contributed by atoms with Gasteiger partial charge in [-0.3, -0.25) is 9.59 Å². The number of amides is 2. The molecule has 0 radical (unpaired) electrons. The van der Waals surface area contributed by atoms with E-state index >= 15 is 0 Å². The second-order valence-electron chi connectivity index (χ2n) is 6.89. The van der Waals surface area contributed by atoms with Crippen molar-refractivity contribution in [2.75, 3.05) is 26.2 Å². The highest BCUT2D eigenvalue weighted by Crippen LogP contribution is 2.19. The van der Waals surface area contributed by atoms with Gasteiger partial charge in [-0.1, -0.05) is 47.7 Å². The van der Waals surface area contributed by atoms with Gasteiger partial charge >= 0.3 is 0 Å². The highest BCUT2D eigenvalue weighted by Gasteiger charge is 2.27. The lowest BCUT2D eigenvalue weighted by Gasteiger charge is -2.34. The van der Waals surface area contributed by atoms with Crippen LogP contribution in [0.2, 0.25) is 0 Å². The largest absolute Gasteiger partial charge is 0.507 e. The van der Waals surface area contributed by atoms with Crippen LogP contribution in [0.1, 0.15) is 26.4 Å². The zero-order valence-electron chi connectivity index (χ0n) is 15.8. The number of carbonyl (C=O) groups excluding carboxylic acids is 2. The van der Waals surface area contributed by atoms with Crippen molar-refractivity contribution < 1.29 is 14.7 Å². The molecule has 1 saturated heterocycles. The molecule has 0 unspecified atom stereocenters. The molecule has 1 aromatic heterocycles. The van der Waals surface area contributed by atoms with Gasteiger partial charge in [-0.15, -0.1) is 5.10 Å². The maximum Gasteiger partial charge on any atom is 0.276 e. The Balaban J connectivity index is 1.36. The molecule has 3 aromatic rings. The Morgan fingerprint density at radius 2 is 1.48 bits per heavy atom. The van der Waals surface area contributed by atoms with Gasteiger partial charge < -0.3 is 14.9 Å². The minimum atomic E-state index is -0.232. The molecule has 0 spiro atoms. The lowest BCUT2D eigenvalue weighted by Crippen LogP contribution is -2.50. The number of hydrogen-bond acceptors (Lipinski definition) is 5. The average molecular weight is 391 g/mol. The number of phenolic OH excluding ortho intramolecular Hbond substituents is 1. The zero-order chi connectivity index (χ0) is 20.2. The smallest absolute Gasteiger partial charge is 0.276 e. The average Bonchev–Trinajstić information content (AvgIpc) is 3.22. The Labute approximate surface area is 168 Å². The topological polar surface area (TPSA) is 91.6 Å². The molecule has 0 saturated carbocycles. The maximum absolute atomic E-state index is 12.7. The second kappa shape index (κ2) is 8.14. The van der Waals surface area contributed by atoms with Crippen molar-refractivity contribution in [1.29, 1.82) is 0 Å². The number of hydrogen-bond donors (Lipinski definition) is 1. The number of piperazine rings is 1. The number of para-hydroxylation sites is 1. The molecular weight excluding hydrogens is 370 g/mol. The first kappa shape index (κ1) is 18.7. The van der Waals surface area contributed by atoms with Crippen LogP contribution in [0.5, 0.6) is 5.75 Å². The van der Waals surface area contributed by atoms with Crippen molar-refractivity contribution in [3.05, 3.63) is 77.6 Å². The van der Waals surface area contributed by atoms with Gasteiger partial charge in [0.15, 0.2) is 5.69 Å². The summed E-state index contributed by atoms with van der Waals surface area (Å²) >= 11 is 0. The number of aromatic hydroxyl groups is 1. The van der Waals surface area contributed by atoms with E-state index in [1.54, 1.807) is 38.9 Å². The van der Waals surface area contributed by atoms with Crippen LogP contribution in [0.25, 0.3) is 0 Å². The van der Waals surface area contributed by atoms with Gasteiger partial charge in [0, 0.05) is 26.2 Å². The van der Waals surface area contributed by atoms with Crippen LogP contribution in [0.3, 0.4) is 0 Å². The standard InChI is InChI=1S/C21H21N5O3/c27-19-9-5-4-8-17(19)20(28)24-10-12-25(13-11-24)21(29)18-15-26(23-22-18)14-16-6-2-1-3-7-16/h1-9,15,27H,10-14H2. The summed E-state index contributed by atoms with van der Waals surface area (Å²) in [5, 5.41) is 17.9. The third kappa shape index (κ3) is 4.11. The van der Waals surface area contributed by atoms with Gasteiger partial charge in [-0.05, 0) is 17.7 Å². The first-order valence-electron chi connectivity index (χ1n) is 9.42. The van der Waals surface area contributed by atoms with E-state index < -0.39 is 0 Å². The predicted molar refractivity (Wildman–Crippen MR) is 105 cm³/mol. The number of carbonyl (C=O) groups is 2. The van der Waals surface area contributed by atoms with Gasteiger partial charge in [0.2, 0.25) is 0 Å². The summed E-state index contributed by atoms with van der Waals surface area (Å²) in [6, 6.07) is 16.3. The summed E-state index contributed by atoms with van der Waals surface area (Å²) in [6.07, 6.45) is 1.65. The fraction of sp³-hybridized carbons (Fsp3) is 0.238. The van der Waals surface area contributed by atoms with Crippen LogP contribution < -0.4 is 0 Å². The SMILES string of the molecule is O=C(c1cn(Cc2ccccc2)nn1)N1CCN(C(=O)c2ccccc2O)CC1. The number of rotatable bonds is 4. The number of nitrogens with zero attached hydrogens (tertiary/aromatic N) is 5. The molecule has 2 aromatic carbocycles. The number of phenols is 1. The lowest BCUT2D eigenvalue weighted by molar-refractivity contribution is 0.0530. The Hall–Kier alpha value is -3.68. The molecular formula is C21H21N5O3. The van der Waals surface area contributed by atoms with Crippen molar-refractivity contribution in [3.8, 4) is 5.75 Å². The number of aromatic nitrogens is 3. The fourth-order valence-corrected chi connectivity index (χ4v) is 3.34. The molecule has 29 heavy (non-hydrogen) atoms. The second-order valence-corrected chi connectivity index (χ2v) is 6.89. The molecule has 148 valence electrons.